The zero-order valence-corrected chi connectivity index (χ0v) is 74.9. The van der Waals surface area contributed by atoms with Gasteiger partial charge in [0, 0.05) is 53.9 Å². The molecule has 0 saturated carbocycles. The highest BCUT2D eigenvalue weighted by molar-refractivity contribution is 6.20. The Balaban J connectivity index is 0.000000102. The second-order valence-electron chi connectivity index (χ2n) is 37.0. The average Bonchev–Trinajstić information content (AvgIpc) is 1.51. The maximum atomic E-state index is 13.7. The van der Waals surface area contributed by atoms with Gasteiger partial charge in [-0.3, -0.25) is 0 Å². The van der Waals surface area contributed by atoms with Gasteiger partial charge in [-0.25, -0.2) is 14.4 Å². The lowest BCUT2D eigenvalue weighted by Gasteiger charge is -2.30. The molecule has 27 aromatic rings. The van der Waals surface area contributed by atoms with E-state index in [9.17, 15) is 14.4 Å². The topological polar surface area (TPSA) is 130 Å². The van der Waals surface area contributed by atoms with Gasteiger partial charge >= 0.3 is 16.9 Å². The van der Waals surface area contributed by atoms with Crippen LogP contribution in [0.15, 0.2) is 490 Å². The first kappa shape index (κ1) is 78.9. The number of furan rings is 3. The van der Waals surface area contributed by atoms with E-state index in [1.54, 1.807) is 0 Å². The molecule has 4 aliphatic carbocycles. The molecule has 9 heteroatoms. The molecule has 2 spiro atoms. The van der Waals surface area contributed by atoms with Crippen molar-refractivity contribution in [2.45, 2.75) is 10.8 Å². The van der Waals surface area contributed by atoms with E-state index in [-0.39, 0.29) is 16.9 Å². The summed E-state index contributed by atoms with van der Waals surface area (Å²) in [4.78, 5) is 40.7. The Morgan fingerprint density at radius 3 is 0.800 bits per heavy atom. The smallest absolute Gasteiger partial charge is 0.344 e. The fourth-order valence-electron chi connectivity index (χ4n) is 24.3. The van der Waals surface area contributed by atoms with Crippen LogP contribution in [0.25, 0.3) is 242 Å². The number of para-hydroxylation sites is 3. The first-order chi connectivity index (χ1) is 69.2. The maximum absolute atomic E-state index is 13.7. The molecule has 21 aromatic carbocycles. The molecule has 0 saturated heterocycles. The molecule has 140 heavy (non-hydrogen) atoms. The van der Waals surface area contributed by atoms with Crippen LogP contribution >= 0.6 is 0 Å². The van der Waals surface area contributed by atoms with Gasteiger partial charge in [-0.1, -0.05) is 358 Å². The van der Waals surface area contributed by atoms with Crippen LogP contribution in [0, 0.1) is 0 Å². The van der Waals surface area contributed by atoms with Crippen LogP contribution in [0.5, 0.6) is 0 Å². The van der Waals surface area contributed by atoms with Crippen LogP contribution in [-0.4, -0.2) is 0 Å². The summed E-state index contributed by atoms with van der Waals surface area (Å²) in [6.45, 7) is 0. The van der Waals surface area contributed by atoms with Crippen molar-refractivity contribution in [3.8, 4) is 111 Å². The van der Waals surface area contributed by atoms with Gasteiger partial charge in [-0.15, -0.1) is 0 Å². The van der Waals surface area contributed by atoms with Crippen molar-refractivity contribution in [3.05, 3.63) is 525 Å². The van der Waals surface area contributed by atoms with Crippen LogP contribution in [0.2, 0.25) is 0 Å². The third-order valence-corrected chi connectivity index (χ3v) is 30.1. The van der Waals surface area contributed by atoms with Crippen molar-refractivity contribution in [3.63, 3.8) is 0 Å². The second kappa shape index (κ2) is 30.2. The third-order valence-electron chi connectivity index (χ3n) is 30.1. The van der Waals surface area contributed by atoms with Gasteiger partial charge in [-0.2, -0.15) is 0 Å². The predicted octanol–water partition coefficient (Wildman–Crippen LogP) is 33.2. The fraction of sp³-hybridized carbons (Fsp3) is 0.0153. The minimum atomic E-state index is -0.422. The number of hydrogen-bond acceptors (Lipinski definition) is 9. The normalized spacial score (nSPS) is 13.1. The standard InChI is InChI=1S/C50H28O3.C44H26O2.C37H20O4/c51-49-40-26-31(32-14-9-19-46-48(32)39-13-4-8-18-45(39)52-46)22-23-33(40)38-25-21-30(28-47(38)53-49)29-20-24-37-36-12-3-7-17-43(36)50(44(37)27-29)41-15-5-1-10-34(41)35-11-2-6-16-42(35)50;45-43-42-29(27-12-2-1-3-13-27)17-10-19-35(42)41-30(18-11-23-40(41)46-43)28-24-25-34-33-16-6-9-22-38(33)44(39(34)26-28)36-20-7-4-14-31(36)32-15-5-8-21-37(32)44;38-37-29-19-21(23-9-5-13-32-35(23)27-7-1-3-11-30(27)39-32)15-17-25(29)26-18-16-22(20-34(26)41-37)24-10-6-14-33-36(24)28-8-2-4-12-31(28)40-33/h1-28H;1-26H;1-20H. The quantitative estimate of drug-likeness (QED) is 0.118. The lowest BCUT2D eigenvalue weighted by Crippen LogP contribution is -2.25. The van der Waals surface area contributed by atoms with Gasteiger partial charge in [0.1, 0.15) is 50.2 Å². The van der Waals surface area contributed by atoms with Gasteiger partial charge in [0.15, 0.2) is 0 Å². The van der Waals surface area contributed by atoms with Crippen molar-refractivity contribution in [1.82, 2.24) is 0 Å². The van der Waals surface area contributed by atoms with Crippen molar-refractivity contribution < 1.29 is 26.5 Å². The molecule has 652 valence electrons. The number of fused-ring (bicyclic) bond motifs is 38. The maximum Gasteiger partial charge on any atom is 0.344 e. The highest BCUT2D eigenvalue weighted by atomic mass is 16.4. The van der Waals surface area contributed by atoms with Crippen molar-refractivity contribution >= 4 is 131 Å². The Hall–Kier alpha value is -18.6. The molecule has 0 N–H and O–H groups in total. The largest absolute Gasteiger partial charge is 0.456 e. The molecular formula is C131H74O9. The summed E-state index contributed by atoms with van der Waals surface area (Å²) < 4.78 is 36.5. The summed E-state index contributed by atoms with van der Waals surface area (Å²) in [6.07, 6.45) is 0. The summed E-state index contributed by atoms with van der Waals surface area (Å²) in [6, 6.07) is 156. The van der Waals surface area contributed by atoms with E-state index in [0.717, 1.165) is 165 Å². The summed E-state index contributed by atoms with van der Waals surface area (Å²) in [7, 11) is 0. The van der Waals surface area contributed by atoms with Crippen LogP contribution in [-0.2, 0) is 10.8 Å². The molecule has 0 bridgehead atoms. The minimum absolute atomic E-state index is 0.318. The highest BCUT2D eigenvalue weighted by Crippen LogP contribution is 2.66. The summed E-state index contributed by atoms with van der Waals surface area (Å²) >= 11 is 0. The third kappa shape index (κ3) is 11.3. The van der Waals surface area contributed by atoms with Crippen LogP contribution in [0.1, 0.15) is 44.5 Å². The van der Waals surface area contributed by atoms with Crippen molar-refractivity contribution in [2.24, 2.45) is 0 Å². The second-order valence-corrected chi connectivity index (χ2v) is 37.0. The van der Waals surface area contributed by atoms with E-state index < -0.39 is 10.8 Å². The molecule has 0 unspecified atom stereocenters. The molecule has 6 aromatic heterocycles. The molecule has 0 atom stereocenters. The summed E-state index contributed by atoms with van der Waals surface area (Å²) in [5.41, 5.74) is 37.6. The minimum Gasteiger partial charge on any atom is -0.456 e. The van der Waals surface area contributed by atoms with E-state index in [0.29, 0.717) is 32.9 Å². The van der Waals surface area contributed by atoms with Crippen LogP contribution in [0.3, 0.4) is 0 Å². The molecule has 0 amide bonds. The van der Waals surface area contributed by atoms with Gasteiger partial charge in [0.25, 0.3) is 0 Å². The van der Waals surface area contributed by atoms with Gasteiger partial charge in [0.05, 0.1) is 27.0 Å². The van der Waals surface area contributed by atoms with Gasteiger partial charge < -0.3 is 26.5 Å². The Morgan fingerprint density at radius 1 is 0.129 bits per heavy atom. The molecule has 6 heterocycles. The molecular weight excluding hydrogens is 1720 g/mol. The van der Waals surface area contributed by atoms with Crippen LogP contribution in [0.4, 0.5) is 0 Å². The number of benzene rings is 21. The summed E-state index contributed by atoms with van der Waals surface area (Å²) in [5, 5.41) is 13.4. The average molecular weight is 1790 g/mol. The molecule has 0 fully saturated rings. The van der Waals surface area contributed by atoms with Gasteiger partial charge in [0.2, 0.25) is 0 Å². The highest BCUT2D eigenvalue weighted by Gasteiger charge is 2.53. The summed E-state index contributed by atoms with van der Waals surface area (Å²) in [5.74, 6) is 0. The van der Waals surface area contributed by atoms with Crippen molar-refractivity contribution in [1.29, 1.82) is 0 Å². The predicted molar refractivity (Wildman–Crippen MR) is 567 cm³/mol. The Morgan fingerprint density at radius 2 is 0.386 bits per heavy atom. The number of hydrogen-bond donors (Lipinski definition) is 0. The van der Waals surface area contributed by atoms with E-state index in [2.05, 4.69) is 267 Å². The van der Waals surface area contributed by atoms with E-state index in [4.69, 9.17) is 26.5 Å². The fourth-order valence-corrected chi connectivity index (χ4v) is 24.3. The molecule has 0 aliphatic heterocycles. The van der Waals surface area contributed by atoms with Gasteiger partial charge in [-0.05, 0) is 258 Å². The number of rotatable bonds is 6. The Kier molecular flexibility index (Phi) is 17.0. The Labute approximate surface area is 798 Å². The zero-order valence-electron chi connectivity index (χ0n) is 74.9. The van der Waals surface area contributed by atoms with E-state index >= 15 is 0 Å². The molecule has 9 nitrogen and oxygen atoms in total. The Bertz CT molecular complexity index is 10200. The van der Waals surface area contributed by atoms with Crippen LogP contribution < -0.4 is 16.9 Å². The molecule has 0 radical (unpaired) electrons. The lowest BCUT2D eigenvalue weighted by molar-refractivity contribution is 0.569. The molecule has 31 rings (SSSR count). The first-order valence-electron chi connectivity index (χ1n) is 47.3. The van der Waals surface area contributed by atoms with E-state index in [1.165, 1.54) is 89.0 Å². The first-order valence-corrected chi connectivity index (χ1v) is 47.3. The monoisotopic (exact) mass is 1790 g/mol. The molecule has 4 aliphatic rings. The lowest BCUT2D eigenvalue weighted by atomic mass is 9.70. The van der Waals surface area contributed by atoms with E-state index in [1.807, 2.05) is 182 Å². The SMILES string of the molecule is O=c1oc2cc(-c3ccc4c(c3)C3(c5ccccc5-c5ccccc53)c3ccccc3-4)ccc2c2ccc(-c3cccc4oc5ccccc5c34)cc12.O=c1oc2cc(-c3cccc4oc5ccccc5c34)ccc2c2ccc(-c3cccc4oc5ccccc5c34)cc12.O=c1oc2cccc(-c3ccc4c(c3)C3(c5ccccc5-c5ccccc53)c3ccccc3-4)c2c2cccc(-c3ccccc3)c12. The zero-order chi connectivity index (χ0) is 92.3. The van der Waals surface area contributed by atoms with Crippen molar-refractivity contribution in [2.75, 3.05) is 0 Å².